The number of nitrogens with zero attached hydrogens (tertiary/aromatic N) is 5. The molecule has 220 valence electrons. The van der Waals surface area contributed by atoms with Gasteiger partial charge in [0.2, 0.25) is 5.95 Å². The Labute approximate surface area is 251 Å². The third-order valence-electron chi connectivity index (χ3n) is 8.02. The van der Waals surface area contributed by atoms with E-state index < -0.39 is 0 Å². The average molecular weight is 627 g/mol. The van der Waals surface area contributed by atoms with Crippen LogP contribution in [0.5, 0.6) is 17.2 Å². The summed E-state index contributed by atoms with van der Waals surface area (Å²) in [6, 6.07) is 10.6. The van der Waals surface area contributed by atoms with Crippen LogP contribution in [0.2, 0.25) is 0 Å². The van der Waals surface area contributed by atoms with E-state index in [1.807, 2.05) is 18.2 Å². The molecular formula is C30H40BrN7O3. The number of aromatic nitrogens is 2. The maximum absolute atomic E-state index is 5.82. The van der Waals surface area contributed by atoms with Gasteiger partial charge in [-0.25, -0.2) is 4.98 Å². The summed E-state index contributed by atoms with van der Waals surface area (Å²) < 4.78 is 17.5. The monoisotopic (exact) mass is 625 g/mol. The second-order valence-corrected chi connectivity index (χ2v) is 11.4. The van der Waals surface area contributed by atoms with Crippen molar-refractivity contribution in [2.75, 3.05) is 83.2 Å². The van der Waals surface area contributed by atoms with E-state index in [1.54, 1.807) is 27.5 Å². The molecule has 0 aliphatic carbocycles. The number of hydrogen-bond acceptors (Lipinski definition) is 10. The van der Waals surface area contributed by atoms with Gasteiger partial charge in [0.15, 0.2) is 11.5 Å². The van der Waals surface area contributed by atoms with Crippen LogP contribution < -0.4 is 29.7 Å². The smallest absolute Gasteiger partial charge is 0.229 e. The Hall–Kier alpha value is -3.28. The number of para-hydroxylation sites is 1. The third kappa shape index (κ3) is 6.63. The lowest BCUT2D eigenvalue weighted by atomic mass is 10.0. The Morgan fingerprint density at radius 1 is 0.878 bits per heavy atom. The van der Waals surface area contributed by atoms with Crippen molar-refractivity contribution in [1.29, 1.82) is 0 Å². The molecule has 10 nitrogen and oxygen atoms in total. The van der Waals surface area contributed by atoms with Crippen molar-refractivity contribution < 1.29 is 14.2 Å². The molecule has 2 aromatic carbocycles. The number of ether oxygens (including phenoxy) is 3. The van der Waals surface area contributed by atoms with Crippen molar-refractivity contribution in [3.8, 4) is 17.2 Å². The minimum absolute atomic E-state index is 0.441. The van der Waals surface area contributed by atoms with Crippen molar-refractivity contribution >= 4 is 44.8 Å². The molecule has 3 aromatic rings. The van der Waals surface area contributed by atoms with Crippen LogP contribution in [0.4, 0.5) is 28.8 Å². The summed E-state index contributed by atoms with van der Waals surface area (Å²) in [5, 5.41) is 6.69. The van der Waals surface area contributed by atoms with Crippen LogP contribution in [0.3, 0.4) is 0 Å². The van der Waals surface area contributed by atoms with E-state index in [9.17, 15) is 0 Å². The van der Waals surface area contributed by atoms with Crippen LogP contribution in [0.15, 0.2) is 41.0 Å². The maximum Gasteiger partial charge on any atom is 0.229 e. The van der Waals surface area contributed by atoms with Crippen LogP contribution in [0.1, 0.15) is 18.4 Å². The number of benzene rings is 2. The highest BCUT2D eigenvalue weighted by molar-refractivity contribution is 9.10. The van der Waals surface area contributed by atoms with Gasteiger partial charge in [-0.15, -0.1) is 0 Å². The lowest BCUT2D eigenvalue weighted by Crippen LogP contribution is -2.52. The SMILES string of the molecule is COc1cc(N2CCC(N3CCN(C)CC3)CC2)c(C)cc1Nc1ncc(Br)c(Nc2cccc(OC)c2OC)n1. The first-order chi connectivity index (χ1) is 19.9. The second-order valence-electron chi connectivity index (χ2n) is 10.6. The molecule has 1 aromatic heterocycles. The van der Waals surface area contributed by atoms with Gasteiger partial charge in [0.1, 0.15) is 11.6 Å². The highest BCUT2D eigenvalue weighted by Crippen LogP contribution is 2.39. The van der Waals surface area contributed by atoms with Crippen LogP contribution in [-0.2, 0) is 0 Å². The predicted molar refractivity (Wildman–Crippen MR) is 168 cm³/mol. The van der Waals surface area contributed by atoms with Gasteiger partial charge < -0.3 is 34.6 Å². The van der Waals surface area contributed by atoms with E-state index in [1.165, 1.54) is 50.3 Å². The molecule has 2 aliphatic rings. The Morgan fingerprint density at radius 3 is 2.29 bits per heavy atom. The van der Waals surface area contributed by atoms with Crippen LogP contribution in [-0.4, -0.2) is 93.5 Å². The molecule has 3 heterocycles. The number of halogens is 1. The fourth-order valence-corrected chi connectivity index (χ4v) is 5.98. The number of likely N-dealkylation sites (N-methyl/N-ethyl adjacent to an activating group) is 1. The van der Waals surface area contributed by atoms with Crippen molar-refractivity contribution in [3.63, 3.8) is 0 Å². The molecule has 0 unspecified atom stereocenters. The zero-order chi connectivity index (χ0) is 28.9. The molecule has 5 rings (SSSR count). The largest absolute Gasteiger partial charge is 0.494 e. The predicted octanol–water partition coefficient (Wildman–Crippen LogP) is 5.28. The second kappa shape index (κ2) is 13.1. The highest BCUT2D eigenvalue weighted by atomic mass is 79.9. The Kier molecular flexibility index (Phi) is 9.36. The van der Waals surface area contributed by atoms with Crippen LogP contribution in [0, 0.1) is 6.92 Å². The molecule has 11 heteroatoms. The fraction of sp³-hybridized carbons (Fsp3) is 0.467. The van der Waals surface area contributed by atoms with Gasteiger partial charge in [-0.3, -0.25) is 4.90 Å². The number of hydrogen-bond donors (Lipinski definition) is 2. The van der Waals surface area contributed by atoms with Crippen LogP contribution >= 0.6 is 15.9 Å². The molecule has 0 bridgehead atoms. The summed E-state index contributed by atoms with van der Waals surface area (Å²) in [7, 11) is 7.14. The van der Waals surface area contributed by atoms with E-state index in [-0.39, 0.29) is 0 Å². The lowest BCUT2D eigenvalue weighted by Gasteiger charge is -2.43. The summed E-state index contributed by atoms with van der Waals surface area (Å²) in [6.45, 7) is 8.93. The van der Waals surface area contributed by atoms with Gasteiger partial charge in [-0.2, -0.15) is 4.98 Å². The molecule has 0 spiro atoms. The Balaban J connectivity index is 1.30. The van der Waals surface area contributed by atoms with Crippen LogP contribution in [0.25, 0.3) is 0 Å². The zero-order valence-corrected chi connectivity index (χ0v) is 26.1. The molecule has 2 aliphatic heterocycles. The minimum atomic E-state index is 0.441. The number of rotatable bonds is 9. The first-order valence-electron chi connectivity index (χ1n) is 14.0. The summed E-state index contributed by atoms with van der Waals surface area (Å²) in [5.74, 6) is 3.00. The molecule has 0 atom stereocenters. The Bertz CT molecular complexity index is 1340. The van der Waals surface area contributed by atoms with E-state index in [0.29, 0.717) is 33.8 Å². The van der Waals surface area contributed by atoms with E-state index >= 15 is 0 Å². The number of methoxy groups -OCH3 is 3. The fourth-order valence-electron chi connectivity index (χ4n) is 5.69. The molecule has 2 fully saturated rings. The maximum atomic E-state index is 5.82. The lowest BCUT2D eigenvalue weighted by molar-refractivity contribution is 0.0982. The average Bonchev–Trinajstić information content (AvgIpc) is 2.99. The molecular weight excluding hydrogens is 586 g/mol. The van der Waals surface area contributed by atoms with Crippen molar-refractivity contribution in [3.05, 3.63) is 46.6 Å². The topological polar surface area (TPSA) is 87.3 Å². The number of nitrogens with one attached hydrogen (secondary N) is 2. The van der Waals surface area contributed by atoms with Crippen molar-refractivity contribution in [2.24, 2.45) is 0 Å². The normalized spacial score (nSPS) is 16.9. The molecule has 2 N–H and O–H groups in total. The van der Waals surface area contributed by atoms with Gasteiger partial charge in [-0.1, -0.05) is 6.07 Å². The number of piperidine rings is 1. The van der Waals surface area contributed by atoms with E-state index in [0.717, 1.165) is 30.2 Å². The van der Waals surface area contributed by atoms with E-state index in [4.69, 9.17) is 19.2 Å². The van der Waals surface area contributed by atoms with Crippen molar-refractivity contribution in [2.45, 2.75) is 25.8 Å². The minimum Gasteiger partial charge on any atom is -0.494 e. The summed E-state index contributed by atoms with van der Waals surface area (Å²) in [5.41, 5.74) is 3.94. The first-order valence-corrected chi connectivity index (χ1v) is 14.8. The van der Waals surface area contributed by atoms with Crippen molar-refractivity contribution in [1.82, 2.24) is 19.8 Å². The van der Waals surface area contributed by atoms with Gasteiger partial charge >= 0.3 is 0 Å². The summed E-state index contributed by atoms with van der Waals surface area (Å²) in [4.78, 5) is 16.8. The Morgan fingerprint density at radius 2 is 1.61 bits per heavy atom. The third-order valence-corrected chi connectivity index (χ3v) is 8.60. The summed E-state index contributed by atoms with van der Waals surface area (Å²) >= 11 is 3.56. The highest BCUT2D eigenvalue weighted by Gasteiger charge is 2.27. The molecule has 0 saturated carbocycles. The van der Waals surface area contributed by atoms with Gasteiger partial charge in [-0.05, 0) is 66.5 Å². The summed E-state index contributed by atoms with van der Waals surface area (Å²) in [6.07, 6.45) is 4.08. The molecule has 2 saturated heterocycles. The molecule has 41 heavy (non-hydrogen) atoms. The molecule has 0 radical (unpaired) electrons. The molecule has 0 amide bonds. The number of piperazine rings is 1. The van der Waals surface area contributed by atoms with Gasteiger partial charge in [0.05, 0.1) is 37.2 Å². The zero-order valence-electron chi connectivity index (χ0n) is 24.5. The quantitative estimate of drug-likeness (QED) is 0.328. The van der Waals surface area contributed by atoms with Gasteiger partial charge in [0, 0.05) is 63.3 Å². The van der Waals surface area contributed by atoms with Gasteiger partial charge in [0.25, 0.3) is 0 Å². The number of anilines is 5. The van der Waals surface area contributed by atoms with E-state index in [2.05, 4.69) is 72.4 Å². The number of aryl methyl sites for hydroxylation is 1. The standard InChI is InChI=1S/C30H40BrN7O3/c1-20-17-24(27(40-4)18-25(20)38-11-9-21(10-12-38)37-15-13-36(2)14-16-37)34-30-32-19-22(31)29(35-30)33-23-7-6-8-26(39-3)28(23)41-5/h6-8,17-19,21H,9-16H2,1-5H3,(H2,32,33,34,35). The first kappa shape index (κ1) is 29.2.